The van der Waals surface area contributed by atoms with Crippen LogP contribution in [-0.4, -0.2) is 51.7 Å². The molecule has 1 atom stereocenters. The van der Waals surface area contributed by atoms with Crippen LogP contribution in [0, 0.1) is 5.82 Å². The van der Waals surface area contributed by atoms with Gasteiger partial charge in [-0.05, 0) is 25.1 Å². The number of nitrogens with zero attached hydrogens (tertiary/aromatic N) is 1. The molecule has 8 heteroatoms. The van der Waals surface area contributed by atoms with Crippen LogP contribution >= 0.6 is 15.9 Å². The number of nitrogens with one attached hydrogen (secondary N) is 1. The van der Waals surface area contributed by atoms with Crippen molar-refractivity contribution >= 4 is 31.7 Å². The second kappa shape index (κ2) is 6.02. The van der Waals surface area contributed by atoms with E-state index in [2.05, 4.69) is 21.2 Å². The largest absolute Gasteiger partial charge is 0.337 e. The second-order valence-electron chi connectivity index (χ2n) is 5.10. The molecule has 1 aromatic rings. The van der Waals surface area contributed by atoms with E-state index in [-0.39, 0.29) is 11.6 Å². The fourth-order valence-electron chi connectivity index (χ4n) is 2.32. The van der Waals surface area contributed by atoms with Gasteiger partial charge in [0.05, 0.1) is 5.56 Å². The lowest BCUT2D eigenvalue weighted by Crippen LogP contribution is -2.38. The van der Waals surface area contributed by atoms with Crippen molar-refractivity contribution in [3.63, 3.8) is 0 Å². The van der Waals surface area contributed by atoms with Crippen molar-refractivity contribution in [2.45, 2.75) is 17.4 Å². The van der Waals surface area contributed by atoms with Gasteiger partial charge in [0.25, 0.3) is 5.91 Å². The van der Waals surface area contributed by atoms with Crippen LogP contribution in [0.3, 0.4) is 0 Å². The summed E-state index contributed by atoms with van der Waals surface area (Å²) in [4.78, 5) is 13.4. The minimum Gasteiger partial charge on any atom is -0.337 e. The molecule has 0 bridgehead atoms. The molecule has 1 amide bonds. The molecular formula is C13H16BrFN2O3S. The van der Waals surface area contributed by atoms with Crippen molar-refractivity contribution in [2.24, 2.45) is 0 Å². The Kier molecular flexibility index (Phi) is 4.69. The molecule has 1 N–H and O–H groups in total. The molecule has 1 saturated heterocycles. The highest BCUT2D eigenvalue weighted by Gasteiger charge is 2.28. The zero-order valence-electron chi connectivity index (χ0n) is 11.7. The van der Waals surface area contributed by atoms with Gasteiger partial charge in [0, 0.05) is 30.4 Å². The third-order valence-electron chi connectivity index (χ3n) is 3.54. The molecule has 1 fully saturated rings. The summed E-state index contributed by atoms with van der Waals surface area (Å²) in [5.74, 6) is -1.52. The fourth-order valence-corrected chi connectivity index (χ4v) is 3.70. The zero-order valence-corrected chi connectivity index (χ0v) is 14.1. The van der Waals surface area contributed by atoms with Crippen LogP contribution in [0.1, 0.15) is 16.8 Å². The molecule has 0 unspecified atom stereocenters. The molecule has 2 rings (SSSR count). The Morgan fingerprint density at radius 1 is 1.48 bits per heavy atom. The highest BCUT2D eigenvalue weighted by Crippen LogP contribution is 2.25. The Balaban J connectivity index is 2.44. The summed E-state index contributed by atoms with van der Waals surface area (Å²) >= 11 is 3.13. The molecule has 0 radical (unpaired) electrons. The van der Waals surface area contributed by atoms with Crippen LogP contribution in [0.4, 0.5) is 4.39 Å². The number of rotatable bonds is 3. The predicted octanol–water partition coefficient (Wildman–Crippen LogP) is 1.43. The predicted molar refractivity (Wildman–Crippen MR) is 80.6 cm³/mol. The first-order valence-corrected chi connectivity index (χ1v) is 9.07. The summed E-state index contributed by atoms with van der Waals surface area (Å²) in [5, 5.41) is 3.13. The first-order chi connectivity index (χ1) is 9.71. The summed E-state index contributed by atoms with van der Waals surface area (Å²) < 4.78 is 38.0. The Bertz CT molecular complexity index is 672. The standard InChI is InChI=1S/C13H16BrFN2O3S/c1-17(9-3-4-16-7-9)13(18)10-5-8(14)6-11(12(10)15)21(2,19)20/h5-6,9,16H,3-4,7H2,1-2H3/t9-/m1/s1. The Morgan fingerprint density at radius 3 is 2.67 bits per heavy atom. The average Bonchev–Trinajstić information content (AvgIpc) is 2.92. The fraction of sp³-hybridized carbons (Fsp3) is 0.462. The smallest absolute Gasteiger partial charge is 0.256 e. The first-order valence-electron chi connectivity index (χ1n) is 6.39. The van der Waals surface area contributed by atoms with E-state index in [1.54, 1.807) is 7.05 Å². The lowest BCUT2D eigenvalue weighted by Gasteiger charge is -2.24. The van der Waals surface area contributed by atoms with Crippen molar-refractivity contribution in [2.75, 3.05) is 26.4 Å². The molecule has 21 heavy (non-hydrogen) atoms. The highest BCUT2D eigenvalue weighted by molar-refractivity contribution is 9.10. The molecular weight excluding hydrogens is 363 g/mol. The lowest BCUT2D eigenvalue weighted by atomic mass is 10.1. The van der Waals surface area contributed by atoms with Gasteiger partial charge >= 0.3 is 0 Å². The van der Waals surface area contributed by atoms with E-state index in [0.717, 1.165) is 19.2 Å². The number of carbonyl (C=O) groups is 1. The maximum Gasteiger partial charge on any atom is 0.256 e. The Labute approximate surface area is 131 Å². The van der Waals surface area contributed by atoms with Crippen LogP contribution in [-0.2, 0) is 9.84 Å². The van der Waals surface area contributed by atoms with Crippen LogP contribution in [0.15, 0.2) is 21.5 Å². The van der Waals surface area contributed by atoms with Gasteiger partial charge in [-0.25, -0.2) is 12.8 Å². The average molecular weight is 379 g/mol. The second-order valence-corrected chi connectivity index (χ2v) is 8.00. The van der Waals surface area contributed by atoms with Crippen LogP contribution in [0.5, 0.6) is 0 Å². The third kappa shape index (κ3) is 3.44. The number of carbonyl (C=O) groups excluding carboxylic acids is 1. The van der Waals surface area contributed by atoms with Crippen molar-refractivity contribution in [3.8, 4) is 0 Å². The van der Waals surface area contributed by atoms with Crippen LogP contribution < -0.4 is 5.32 Å². The number of benzene rings is 1. The number of hydrogen-bond acceptors (Lipinski definition) is 4. The Hall–Kier alpha value is -0.990. The number of sulfone groups is 1. The summed E-state index contributed by atoms with van der Waals surface area (Å²) in [6.45, 7) is 1.45. The molecule has 116 valence electrons. The third-order valence-corrected chi connectivity index (χ3v) is 5.09. The van der Waals surface area contributed by atoms with Gasteiger partial charge in [0.2, 0.25) is 0 Å². The SMILES string of the molecule is CN(C(=O)c1cc(Br)cc(S(C)(=O)=O)c1F)[C@@H]1CCNC1. The monoisotopic (exact) mass is 378 g/mol. The van der Waals surface area contributed by atoms with Gasteiger partial charge in [-0.15, -0.1) is 0 Å². The molecule has 0 saturated carbocycles. The molecule has 1 aliphatic rings. The van der Waals surface area contributed by atoms with Crippen molar-refractivity contribution < 1.29 is 17.6 Å². The minimum absolute atomic E-state index is 0.0161. The zero-order chi connectivity index (χ0) is 15.8. The van der Waals surface area contributed by atoms with Crippen LogP contribution in [0.25, 0.3) is 0 Å². The van der Waals surface area contributed by atoms with Crippen molar-refractivity contribution in [1.82, 2.24) is 10.2 Å². The molecule has 5 nitrogen and oxygen atoms in total. The van der Waals surface area contributed by atoms with Gasteiger partial charge in [-0.3, -0.25) is 4.79 Å². The molecule has 0 aromatic heterocycles. The number of amides is 1. The van der Waals surface area contributed by atoms with Crippen LogP contribution in [0.2, 0.25) is 0 Å². The van der Waals surface area contributed by atoms with E-state index in [9.17, 15) is 17.6 Å². The number of likely N-dealkylation sites (N-methyl/N-ethyl adjacent to an activating group) is 1. The summed E-state index contributed by atoms with van der Waals surface area (Å²) in [5.41, 5.74) is -0.237. The summed E-state index contributed by atoms with van der Waals surface area (Å²) in [7, 11) is -2.15. The maximum atomic E-state index is 14.4. The molecule has 1 aromatic carbocycles. The first kappa shape index (κ1) is 16.4. The van der Waals surface area contributed by atoms with Crippen molar-refractivity contribution in [1.29, 1.82) is 0 Å². The highest BCUT2D eigenvalue weighted by atomic mass is 79.9. The maximum absolute atomic E-state index is 14.4. The lowest BCUT2D eigenvalue weighted by molar-refractivity contribution is 0.0738. The minimum atomic E-state index is -3.74. The topological polar surface area (TPSA) is 66.5 Å². The van der Waals surface area contributed by atoms with Gasteiger partial charge in [0.15, 0.2) is 15.7 Å². The Morgan fingerprint density at radius 2 is 2.14 bits per heavy atom. The normalized spacial score (nSPS) is 18.8. The summed E-state index contributed by atoms with van der Waals surface area (Å²) in [6, 6.07) is 2.46. The summed E-state index contributed by atoms with van der Waals surface area (Å²) in [6.07, 6.45) is 1.70. The molecule has 0 aliphatic carbocycles. The van der Waals surface area contributed by atoms with E-state index < -0.39 is 26.5 Å². The van der Waals surface area contributed by atoms with E-state index in [4.69, 9.17) is 0 Å². The molecule has 1 aliphatic heterocycles. The number of hydrogen-bond donors (Lipinski definition) is 1. The van der Waals surface area contributed by atoms with E-state index in [1.165, 1.54) is 17.0 Å². The van der Waals surface area contributed by atoms with E-state index in [0.29, 0.717) is 11.0 Å². The van der Waals surface area contributed by atoms with E-state index in [1.807, 2.05) is 0 Å². The van der Waals surface area contributed by atoms with Gasteiger partial charge in [-0.2, -0.15) is 0 Å². The number of halogens is 2. The molecule has 1 heterocycles. The van der Waals surface area contributed by atoms with Gasteiger partial charge < -0.3 is 10.2 Å². The van der Waals surface area contributed by atoms with E-state index >= 15 is 0 Å². The quantitative estimate of drug-likeness (QED) is 0.863. The molecule has 0 spiro atoms. The van der Waals surface area contributed by atoms with Gasteiger partial charge in [0.1, 0.15) is 4.90 Å². The van der Waals surface area contributed by atoms with Gasteiger partial charge in [-0.1, -0.05) is 15.9 Å². The van der Waals surface area contributed by atoms with Crippen molar-refractivity contribution in [3.05, 3.63) is 28.0 Å².